The summed E-state index contributed by atoms with van der Waals surface area (Å²) in [4.78, 5) is 1.01. The van der Waals surface area contributed by atoms with E-state index in [1.807, 2.05) is 6.92 Å². The second kappa shape index (κ2) is 3.08. The molecule has 0 aliphatic rings. The Balaban J connectivity index is 3.06. The molecule has 68 valence electrons. The van der Waals surface area contributed by atoms with Crippen molar-refractivity contribution in [3.05, 3.63) is 19.4 Å². The maximum atomic E-state index is 9.61. The number of hydrogen-bond acceptors (Lipinski definition) is 4. The summed E-state index contributed by atoms with van der Waals surface area (Å²) in [5, 5.41) is 10.3. The number of aryl methyl sites for hydroxylation is 1. The molecular formula is C8H5BrO2S2. The fourth-order valence-electron chi connectivity index (χ4n) is 1.19. The zero-order valence-corrected chi connectivity index (χ0v) is 9.85. The molecule has 2 aromatic heterocycles. The molecule has 0 aliphatic carbocycles. The van der Waals surface area contributed by atoms with E-state index in [2.05, 4.69) is 15.9 Å². The standard InChI is InChI=1S/C8H5BrO2S2/c1-3-6-4(10)2-5(12)11-7(6)8(9)13-3/h2,10H,1H3. The molecule has 5 heteroatoms. The lowest BCUT2D eigenvalue weighted by Crippen LogP contribution is -1.71. The minimum Gasteiger partial charge on any atom is -0.507 e. The van der Waals surface area contributed by atoms with Crippen LogP contribution < -0.4 is 0 Å². The van der Waals surface area contributed by atoms with Crippen LogP contribution in [-0.2, 0) is 0 Å². The summed E-state index contributed by atoms with van der Waals surface area (Å²) in [6.07, 6.45) is 0. The Bertz CT molecular complexity index is 527. The average Bonchev–Trinajstić information content (AvgIpc) is 2.27. The smallest absolute Gasteiger partial charge is 0.194 e. The molecule has 0 radical (unpaired) electrons. The second-order valence-electron chi connectivity index (χ2n) is 2.59. The number of thiophene rings is 1. The van der Waals surface area contributed by atoms with E-state index >= 15 is 0 Å². The molecule has 0 aromatic carbocycles. The van der Waals surface area contributed by atoms with Crippen LogP contribution in [0.15, 0.2) is 14.3 Å². The first kappa shape index (κ1) is 9.18. The Morgan fingerprint density at radius 3 is 3.00 bits per heavy atom. The van der Waals surface area contributed by atoms with Crippen LogP contribution >= 0.6 is 39.5 Å². The molecule has 0 spiro atoms. The average molecular weight is 277 g/mol. The largest absolute Gasteiger partial charge is 0.507 e. The van der Waals surface area contributed by atoms with Crippen LogP contribution in [0.5, 0.6) is 5.75 Å². The Hall–Kier alpha value is -0.390. The van der Waals surface area contributed by atoms with E-state index in [9.17, 15) is 5.11 Å². The minimum atomic E-state index is 0.186. The summed E-state index contributed by atoms with van der Waals surface area (Å²) < 4.78 is 6.47. The third kappa shape index (κ3) is 1.41. The lowest BCUT2D eigenvalue weighted by molar-refractivity contribution is 0.472. The molecule has 0 aliphatic heterocycles. The van der Waals surface area contributed by atoms with E-state index in [4.69, 9.17) is 16.6 Å². The van der Waals surface area contributed by atoms with Gasteiger partial charge in [-0.1, -0.05) is 0 Å². The van der Waals surface area contributed by atoms with Gasteiger partial charge in [-0.25, -0.2) is 0 Å². The summed E-state index contributed by atoms with van der Waals surface area (Å²) in [6.45, 7) is 1.93. The monoisotopic (exact) mass is 276 g/mol. The summed E-state index contributed by atoms with van der Waals surface area (Å²) in [6, 6.07) is 1.45. The maximum Gasteiger partial charge on any atom is 0.194 e. The van der Waals surface area contributed by atoms with E-state index in [0.29, 0.717) is 10.3 Å². The van der Waals surface area contributed by atoms with E-state index in [0.717, 1.165) is 14.0 Å². The van der Waals surface area contributed by atoms with Crippen molar-refractivity contribution >= 4 is 50.5 Å². The molecule has 2 heterocycles. The Morgan fingerprint density at radius 1 is 1.62 bits per heavy atom. The lowest BCUT2D eigenvalue weighted by atomic mass is 10.3. The topological polar surface area (TPSA) is 33.4 Å². The third-order valence-corrected chi connectivity index (χ3v) is 3.64. The third-order valence-electron chi connectivity index (χ3n) is 1.71. The fraction of sp³-hybridized carbons (Fsp3) is 0.125. The van der Waals surface area contributed by atoms with Gasteiger partial charge in [-0.3, -0.25) is 0 Å². The molecule has 0 atom stereocenters. The highest BCUT2D eigenvalue weighted by Gasteiger charge is 2.12. The zero-order chi connectivity index (χ0) is 9.59. The second-order valence-corrected chi connectivity index (χ2v) is 5.53. The summed E-state index contributed by atoms with van der Waals surface area (Å²) in [7, 11) is 0. The van der Waals surface area contributed by atoms with Gasteiger partial charge in [0, 0.05) is 10.9 Å². The molecule has 13 heavy (non-hydrogen) atoms. The highest BCUT2D eigenvalue weighted by atomic mass is 79.9. The minimum absolute atomic E-state index is 0.186. The van der Waals surface area contributed by atoms with Crippen LogP contribution in [-0.4, -0.2) is 5.11 Å². The molecular weight excluding hydrogens is 272 g/mol. The van der Waals surface area contributed by atoms with Gasteiger partial charge in [0.15, 0.2) is 10.3 Å². The van der Waals surface area contributed by atoms with Crippen molar-refractivity contribution in [3.63, 3.8) is 0 Å². The molecule has 0 saturated carbocycles. The summed E-state index contributed by atoms with van der Waals surface area (Å²) in [5.41, 5.74) is 0.632. The van der Waals surface area contributed by atoms with Crippen molar-refractivity contribution in [1.82, 2.24) is 0 Å². The highest BCUT2D eigenvalue weighted by Crippen LogP contribution is 2.39. The molecule has 0 bridgehead atoms. The molecule has 0 fully saturated rings. The zero-order valence-electron chi connectivity index (χ0n) is 6.63. The van der Waals surface area contributed by atoms with Crippen molar-refractivity contribution in [2.45, 2.75) is 6.92 Å². The van der Waals surface area contributed by atoms with Crippen molar-refractivity contribution in [3.8, 4) is 5.75 Å². The molecule has 0 saturated heterocycles. The van der Waals surface area contributed by atoms with Gasteiger partial charge in [-0.15, -0.1) is 11.3 Å². The van der Waals surface area contributed by atoms with Crippen molar-refractivity contribution in [2.75, 3.05) is 0 Å². The van der Waals surface area contributed by atoms with Crippen LogP contribution in [0.1, 0.15) is 4.88 Å². The van der Waals surface area contributed by atoms with Crippen LogP contribution in [0.25, 0.3) is 11.0 Å². The fourth-order valence-corrected chi connectivity index (χ4v) is 3.20. The van der Waals surface area contributed by atoms with Gasteiger partial charge < -0.3 is 9.52 Å². The van der Waals surface area contributed by atoms with Gasteiger partial charge in [0.25, 0.3) is 0 Å². The lowest BCUT2D eigenvalue weighted by Gasteiger charge is -1.94. The van der Waals surface area contributed by atoms with E-state index < -0.39 is 0 Å². The number of halogens is 1. The highest BCUT2D eigenvalue weighted by molar-refractivity contribution is 9.11. The summed E-state index contributed by atoms with van der Waals surface area (Å²) >= 11 is 9.73. The predicted molar refractivity (Wildman–Crippen MR) is 59.0 cm³/mol. The van der Waals surface area contributed by atoms with Gasteiger partial charge in [0.1, 0.15) is 9.54 Å². The van der Waals surface area contributed by atoms with Crippen molar-refractivity contribution in [1.29, 1.82) is 0 Å². The quantitative estimate of drug-likeness (QED) is 0.739. The van der Waals surface area contributed by atoms with Gasteiger partial charge in [0.05, 0.1) is 5.39 Å². The number of hydrogen-bond donors (Lipinski definition) is 1. The van der Waals surface area contributed by atoms with Crippen LogP contribution in [0.2, 0.25) is 0 Å². The Morgan fingerprint density at radius 2 is 2.31 bits per heavy atom. The van der Waals surface area contributed by atoms with E-state index in [-0.39, 0.29) is 5.75 Å². The number of rotatable bonds is 0. The van der Waals surface area contributed by atoms with Crippen molar-refractivity contribution in [2.24, 2.45) is 0 Å². The first-order valence-corrected chi connectivity index (χ1v) is 5.53. The van der Waals surface area contributed by atoms with Crippen LogP contribution in [0.4, 0.5) is 0 Å². The number of aromatic hydroxyl groups is 1. The molecule has 2 nitrogen and oxygen atoms in total. The Labute approximate surface area is 91.9 Å². The molecule has 2 rings (SSSR count). The van der Waals surface area contributed by atoms with E-state index in [1.165, 1.54) is 17.4 Å². The van der Waals surface area contributed by atoms with Gasteiger partial charge >= 0.3 is 0 Å². The summed E-state index contributed by atoms with van der Waals surface area (Å²) in [5.74, 6) is 0.186. The molecule has 0 unspecified atom stereocenters. The van der Waals surface area contributed by atoms with Gasteiger partial charge in [-0.05, 0) is 35.1 Å². The molecule has 2 aromatic rings. The normalized spacial score (nSPS) is 10.9. The van der Waals surface area contributed by atoms with Crippen LogP contribution in [0, 0.1) is 11.6 Å². The molecule has 0 amide bonds. The first-order chi connectivity index (χ1) is 6.09. The van der Waals surface area contributed by atoms with E-state index in [1.54, 1.807) is 0 Å². The number of fused-ring (bicyclic) bond motifs is 1. The maximum absolute atomic E-state index is 9.61. The molecule has 1 N–H and O–H groups in total. The Kier molecular flexibility index (Phi) is 2.17. The SMILES string of the molecule is Cc1sc(Br)c2oc(=S)cc(O)c12. The van der Waals surface area contributed by atoms with Gasteiger partial charge in [-0.2, -0.15) is 0 Å². The van der Waals surface area contributed by atoms with Crippen molar-refractivity contribution < 1.29 is 9.52 Å². The predicted octanol–water partition coefficient (Wildman–Crippen LogP) is 4.00. The van der Waals surface area contributed by atoms with Crippen LogP contribution in [0.3, 0.4) is 0 Å². The first-order valence-electron chi connectivity index (χ1n) is 3.51. The van der Waals surface area contributed by atoms with Gasteiger partial charge in [0.2, 0.25) is 0 Å².